The molecule has 0 saturated carbocycles. The van der Waals surface area contributed by atoms with Crippen molar-refractivity contribution < 1.29 is 27.5 Å². The molecule has 0 aliphatic carbocycles. The molecule has 0 unspecified atom stereocenters. The molecule has 4 rings (SSSR count). The molecule has 0 spiro atoms. The van der Waals surface area contributed by atoms with Gasteiger partial charge in [-0.1, -0.05) is 24.3 Å². The van der Waals surface area contributed by atoms with Gasteiger partial charge in [-0.2, -0.15) is 13.2 Å². The van der Waals surface area contributed by atoms with Crippen LogP contribution in [0.1, 0.15) is 16.5 Å². The Morgan fingerprint density at radius 3 is 2.54 bits per heavy atom. The lowest BCUT2D eigenvalue weighted by molar-refractivity contribution is -0.137. The maximum Gasteiger partial charge on any atom is 0.416 e. The van der Waals surface area contributed by atoms with E-state index in [0.717, 1.165) is 12.1 Å². The Labute approximate surface area is 206 Å². The molecule has 0 bridgehead atoms. The van der Waals surface area contributed by atoms with Crippen LogP contribution in [0.4, 0.5) is 23.7 Å². The van der Waals surface area contributed by atoms with Crippen LogP contribution >= 0.6 is 11.8 Å². The van der Waals surface area contributed by atoms with E-state index in [1.54, 1.807) is 35.1 Å². The fourth-order valence-electron chi connectivity index (χ4n) is 4.21. The molecule has 11 heteroatoms. The molecule has 2 aromatic rings. The van der Waals surface area contributed by atoms with Crippen molar-refractivity contribution in [3.05, 3.63) is 59.7 Å². The van der Waals surface area contributed by atoms with Gasteiger partial charge in [0.15, 0.2) is 0 Å². The zero-order valence-electron chi connectivity index (χ0n) is 19.3. The molecule has 0 radical (unpaired) electrons. The predicted octanol–water partition coefficient (Wildman–Crippen LogP) is 4.14. The number of amides is 3. The van der Waals surface area contributed by atoms with Crippen molar-refractivity contribution in [1.82, 2.24) is 14.7 Å². The lowest BCUT2D eigenvalue weighted by Crippen LogP contribution is -2.51. The van der Waals surface area contributed by atoms with Gasteiger partial charge in [0.2, 0.25) is 5.91 Å². The van der Waals surface area contributed by atoms with Crippen molar-refractivity contribution in [3.8, 4) is 5.75 Å². The molecule has 2 saturated heterocycles. The van der Waals surface area contributed by atoms with Gasteiger partial charge in [-0.25, -0.2) is 4.79 Å². The van der Waals surface area contributed by atoms with E-state index in [4.69, 9.17) is 4.74 Å². The van der Waals surface area contributed by atoms with E-state index >= 15 is 0 Å². The number of carbonyl (C=O) groups is 2. The molecule has 2 fully saturated rings. The largest absolute Gasteiger partial charge is 0.495 e. The van der Waals surface area contributed by atoms with E-state index < -0.39 is 17.1 Å². The van der Waals surface area contributed by atoms with Crippen LogP contribution in [0.5, 0.6) is 5.75 Å². The van der Waals surface area contributed by atoms with Gasteiger partial charge in [0.25, 0.3) is 0 Å². The Bertz CT molecular complexity index is 1060. The molecule has 1 N–H and O–H groups in total. The molecule has 35 heavy (non-hydrogen) atoms. The maximum absolute atomic E-state index is 13.1. The third-order valence-corrected chi connectivity index (χ3v) is 7.39. The van der Waals surface area contributed by atoms with Gasteiger partial charge < -0.3 is 19.9 Å². The monoisotopic (exact) mass is 508 g/mol. The summed E-state index contributed by atoms with van der Waals surface area (Å²) in [6.07, 6.45) is -4.42. The van der Waals surface area contributed by atoms with Gasteiger partial charge >= 0.3 is 12.2 Å². The summed E-state index contributed by atoms with van der Waals surface area (Å²) < 4.78 is 44.7. The summed E-state index contributed by atoms with van der Waals surface area (Å²) in [5.41, 5.74) is 0.374. The maximum atomic E-state index is 13.1. The fraction of sp³-hybridized carbons (Fsp3) is 0.417. The zero-order valence-corrected chi connectivity index (χ0v) is 20.1. The van der Waals surface area contributed by atoms with Gasteiger partial charge in [-0.05, 0) is 29.8 Å². The van der Waals surface area contributed by atoms with E-state index in [0.29, 0.717) is 56.3 Å². The van der Waals surface area contributed by atoms with Crippen molar-refractivity contribution in [3.63, 3.8) is 0 Å². The highest BCUT2D eigenvalue weighted by Gasteiger charge is 2.36. The Kier molecular flexibility index (Phi) is 7.75. The minimum Gasteiger partial charge on any atom is -0.495 e. The number of anilines is 1. The first-order valence-electron chi connectivity index (χ1n) is 11.3. The molecule has 2 aliphatic heterocycles. The highest BCUT2D eigenvalue weighted by Crippen LogP contribution is 2.40. The van der Waals surface area contributed by atoms with Crippen molar-refractivity contribution in [2.75, 3.05) is 57.4 Å². The summed E-state index contributed by atoms with van der Waals surface area (Å²) in [6.45, 7) is 3.34. The number of halogens is 3. The second-order valence-corrected chi connectivity index (χ2v) is 9.40. The highest BCUT2D eigenvalue weighted by molar-refractivity contribution is 8.00. The average Bonchev–Trinajstić information content (AvgIpc) is 3.23. The van der Waals surface area contributed by atoms with E-state index in [-0.39, 0.29) is 17.7 Å². The third kappa shape index (κ3) is 6.02. The second kappa shape index (κ2) is 10.8. The number of ether oxygens (including phenoxy) is 1. The zero-order chi connectivity index (χ0) is 25.0. The lowest BCUT2D eigenvalue weighted by Gasteiger charge is -2.36. The van der Waals surface area contributed by atoms with Crippen LogP contribution in [0.3, 0.4) is 0 Å². The smallest absolute Gasteiger partial charge is 0.416 e. The number of carbonyl (C=O) groups excluding carboxylic acids is 2. The van der Waals surface area contributed by atoms with Crippen LogP contribution in [0.15, 0.2) is 48.5 Å². The molecule has 1 atom stereocenters. The first-order valence-corrected chi connectivity index (χ1v) is 12.3. The van der Waals surface area contributed by atoms with Crippen molar-refractivity contribution in [2.24, 2.45) is 0 Å². The first kappa shape index (κ1) is 25.2. The van der Waals surface area contributed by atoms with E-state index in [9.17, 15) is 22.8 Å². The topological polar surface area (TPSA) is 65.1 Å². The number of hydrogen-bond donors (Lipinski definition) is 1. The number of hydrogen-bond acceptors (Lipinski definition) is 5. The standard InChI is InChI=1S/C24H27F3N4O3S/c1-34-20-8-3-2-7-19(20)28-23(33)30-12-9-29(10-13-30)11-14-31-21(32)16-35-22(31)17-5-4-6-18(15-17)24(25,26)27/h2-8,15,22H,9-14,16H2,1H3,(H,28,33)/t22-/m0/s1. The Hall–Kier alpha value is -2.92. The number of methoxy groups -OCH3 is 1. The van der Waals surface area contributed by atoms with Crippen LogP contribution in [0.25, 0.3) is 0 Å². The number of alkyl halides is 3. The van der Waals surface area contributed by atoms with Crippen LogP contribution in [-0.2, 0) is 11.0 Å². The molecule has 7 nitrogen and oxygen atoms in total. The third-order valence-electron chi connectivity index (χ3n) is 6.13. The summed E-state index contributed by atoms with van der Waals surface area (Å²) in [6, 6.07) is 12.2. The van der Waals surface area contributed by atoms with Crippen LogP contribution in [-0.4, -0.2) is 78.8 Å². The molecule has 2 aliphatic rings. The Morgan fingerprint density at radius 2 is 1.83 bits per heavy atom. The number of nitrogens with one attached hydrogen (secondary N) is 1. The first-order chi connectivity index (χ1) is 16.8. The minimum absolute atomic E-state index is 0.0766. The number of benzene rings is 2. The molecule has 0 aromatic heterocycles. The van der Waals surface area contributed by atoms with E-state index in [1.807, 2.05) is 12.1 Å². The van der Waals surface area contributed by atoms with Crippen molar-refractivity contribution in [2.45, 2.75) is 11.6 Å². The summed E-state index contributed by atoms with van der Waals surface area (Å²) in [5.74, 6) is 0.757. The summed E-state index contributed by atoms with van der Waals surface area (Å²) >= 11 is 1.34. The molecule has 2 aromatic carbocycles. The molecular formula is C24H27F3N4O3S. The second-order valence-electron chi connectivity index (χ2n) is 8.33. The fourth-order valence-corrected chi connectivity index (χ4v) is 5.41. The highest BCUT2D eigenvalue weighted by atomic mass is 32.2. The molecule has 2 heterocycles. The normalized spacial score (nSPS) is 19.2. The SMILES string of the molecule is COc1ccccc1NC(=O)N1CCN(CCN2C(=O)CS[C@H]2c2cccc(C(F)(F)F)c2)CC1. The number of urea groups is 1. The minimum atomic E-state index is -4.42. The van der Waals surface area contributed by atoms with Gasteiger partial charge in [0.1, 0.15) is 11.1 Å². The number of piperazine rings is 1. The molecule has 3 amide bonds. The van der Waals surface area contributed by atoms with Gasteiger partial charge in [-0.15, -0.1) is 11.8 Å². The molecule has 188 valence electrons. The number of rotatable bonds is 6. The average molecular weight is 509 g/mol. The number of para-hydroxylation sites is 2. The van der Waals surface area contributed by atoms with E-state index in [2.05, 4.69) is 10.2 Å². The van der Waals surface area contributed by atoms with Crippen LogP contribution < -0.4 is 10.1 Å². The summed E-state index contributed by atoms with van der Waals surface area (Å²) in [7, 11) is 1.55. The molecular weight excluding hydrogens is 481 g/mol. The van der Waals surface area contributed by atoms with Crippen LogP contribution in [0.2, 0.25) is 0 Å². The Morgan fingerprint density at radius 1 is 1.09 bits per heavy atom. The van der Waals surface area contributed by atoms with Crippen molar-refractivity contribution >= 4 is 29.4 Å². The van der Waals surface area contributed by atoms with Gasteiger partial charge in [0, 0.05) is 39.3 Å². The van der Waals surface area contributed by atoms with Crippen LogP contribution in [0, 0.1) is 0 Å². The number of thioether (sulfide) groups is 1. The summed E-state index contributed by atoms with van der Waals surface area (Å²) in [5, 5.41) is 2.44. The van der Waals surface area contributed by atoms with Gasteiger partial charge in [0.05, 0.1) is 24.1 Å². The Balaban J connectivity index is 1.30. The summed E-state index contributed by atoms with van der Waals surface area (Å²) in [4.78, 5) is 30.7. The quantitative estimate of drug-likeness (QED) is 0.636. The van der Waals surface area contributed by atoms with E-state index in [1.165, 1.54) is 17.8 Å². The lowest BCUT2D eigenvalue weighted by atomic mass is 10.1. The predicted molar refractivity (Wildman–Crippen MR) is 128 cm³/mol. The number of nitrogens with zero attached hydrogens (tertiary/aromatic N) is 3. The van der Waals surface area contributed by atoms with Crippen molar-refractivity contribution in [1.29, 1.82) is 0 Å². The van der Waals surface area contributed by atoms with Gasteiger partial charge in [-0.3, -0.25) is 9.69 Å².